The summed E-state index contributed by atoms with van der Waals surface area (Å²) in [6.07, 6.45) is -0.744. The quantitative estimate of drug-likeness (QED) is 0.756. The van der Waals surface area contributed by atoms with Crippen molar-refractivity contribution in [2.75, 3.05) is 12.0 Å². The first-order chi connectivity index (χ1) is 10.6. The van der Waals surface area contributed by atoms with Crippen molar-refractivity contribution in [2.45, 2.75) is 0 Å². The summed E-state index contributed by atoms with van der Waals surface area (Å²) < 4.78 is 5.12. The number of hydrogen-bond acceptors (Lipinski definition) is 4. The maximum atomic E-state index is 11.9. The third-order valence-corrected chi connectivity index (χ3v) is 2.92. The second kappa shape index (κ2) is 7.44. The Morgan fingerprint density at radius 2 is 1.77 bits per heavy atom. The summed E-state index contributed by atoms with van der Waals surface area (Å²) in [7, 11) is 0. The van der Waals surface area contributed by atoms with E-state index >= 15 is 0 Å². The molecule has 7 heteroatoms. The van der Waals surface area contributed by atoms with Crippen LogP contribution >= 0.6 is 11.6 Å². The molecule has 0 aromatic heterocycles. The van der Waals surface area contributed by atoms with Crippen molar-refractivity contribution in [3.05, 3.63) is 59.1 Å². The van der Waals surface area contributed by atoms with E-state index in [1.54, 1.807) is 36.4 Å². The van der Waals surface area contributed by atoms with Crippen LogP contribution in [-0.2, 0) is 0 Å². The van der Waals surface area contributed by atoms with Gasteiger partial charge in [-0.05, 0) is 36.4 Å². The van der Waals surface area contributed by atoms with Crippen LogP contribution in [0.25, 0.3) is 0 Å². The van der Waals surface area contributed by atoms with Crippen molar-refractivity contribution >= 4 is 29.3 Å². The van der Waals surface area contributed by atoms with E-state index in [1.807, 2.05) is 0 Å². The van der Waals surface area contributed by atoms with Crippen LogP contribution < -0.4 is 15.4 Å². The number of aliphatic hydroxyl groups excluding tert-OH is 1. The van der Waals surface area contributed by atoms with Crippen LogP contribution in [0.4, 0.5) is 10.5 Å². The minimum absolute atomic E-state index is 0.0833. The summed E-state index contributed by atoms with van der Waals surface area (Å²) in [6.45, 7) is -0.510. The fourth-order valence-corrected chi connectivity index (χ4v) is 1.81. The van der Waals surface area contributed by atoms with Gasteiger partial charge < -0.3 is 15.2 Å². The minimum atomic E-state index is -0.744. The number of para-hydroxylation sites is 1. The van der Waals surface area contributed by atoms with Crippen LogP contribution in [0.3, 0.4) is 0 Å². The van der Waals surface area contributed by atoms with Gasteiger partial charge in [-0.15, -0.1) is 0 Å². The molecule has 0 bridgehead atoms. The van der Waals surface area contributed by atoms with E-state index in [0.717, 1.165) is 0 Å². The molecule has 0 radical (unpaired) electrons. The second-order valence-corrected chi connectivity index (χ2v) is 4.62. The summed E-state index contributed by atoms with van der Waals surface area (Å²) in [5.74, 6) is -0.461. The maximum Gasteiger partial charge on any atom is 0.417 e. The SMILES string of the molecule is O=C(Nc1ccc(Cl)cc1)Oc1ccccc1C(=O)NCO. The number of carbonyl (C=O) groups excluding carboxylic acids is 2. The van der Waals surface area contributed by atoms with Gasteiger partial charge in [-0.2, -0.15) is 0 Å². The van der Waals surface area contributed by atoms with Crippen LogP contribution in [0.5, 0.6) is 5.75 Å². The van der Waals surface area contributed by atoms with Gasteiger partial charge in [-0.3, -0.25) is 10.1 Å². The van der Waals surface area contributed by atoms with Gasteiger partial charge >= 0.3 is 6.09 Å². The number of hydrogen-bond donors (Lipinski definition) is 3. The molecule has 0 saturated carbocycles. The van der Waals surface area contributed by atoms with Crippen molar-refractivity contribution in [2.24, 2.45) is 0 Å². The number of carbonyl (C=O) groups is 2. The topological polar surface area (TPSA) is 87.7 Å². The molecule has 0 aliphatic heterocycles. The maximum absolute atomic E-state index is 11.9. The highest BCUT2D eigenvalue weighted by Gasteiger charge is 2.14. The highest BCUT2D eigenvalue weighted by Crippen LogP contribution is 2.19. The zero-order chi connectivity index (χ0) is 15.9. The molecule has 2 rings (SSSR count). The first kappa shape index (κ1) is 15.8. The molecular weight excluding hydrogens is 308 g/mol. The van der Waals surface area contributed by atoms with Gasteiger partial charge in [0.05, 0.1) is 5.56 Å². The van der Waals surface area contributed by atoms with E-state index in [0.29, 0.717) is 10.7 Å². The smallest absolute Gasteiger partial charge is 0.409 e. The van der Waals surface area contributed by atoms with Gasteiger partial charge in [0, 0.05) is 10.7 Å². The summed E-state index contributed by atoms with van der Waals surface area (Å²) in [5.41, 5.74) is 0.648. The molecule has 0 saturated heterocycles. The van der Waals surface area contributed by atoms with Gasteiger partial charge in [0.2, 0.25) is 0 Å². The number of rotatable bonds is 4. The summed E-state index contributed by atoms with van der Waals surface area (Å²) >= 11 is 5.75. The van der Waals surface area contributed by atoms with Crippen LogP contribution in [0, 0.1) is 0 Å². The molecule has 2 amide bonds. The average Bonchev–Trinajstić information content (AvgIpc) is 2.50. The predicted molar refractivity (Wildman–Crippen MR) is 82.1 cm³/mol. The van der Waals surface area contributed by atoms with Crippen molar-refractivity contribution in [1.29, 1.82) is 0 Å². The lowest BCUT2D eigenvalue weighted by molar-refractivity contribution is 0.0908. The highest BCUT2D eigenvalue weighted by molar-refractivity contribution is 6.30. The Labute approximate surface area is 131 Å². The molecular formula is C15H13ClN2O4. The van der Waals surface area contributed by atoms with E-state index in [9.17, 15) is 9.59 Å². The van der Waals surface area contributed by atoms with E-state index in [4.69, 9.17) is 21.4 Å². The third kappa shape index (κ3) is 4.21. The van der Waals surface area contributed by atoms with Gasteiger partial charge in [-0.1, -0.05) is 23.7 Å². The molecule has 22 heavy (non-hydrogen) atoms. The van der Waals surface area contributed by atoms with Gasteiger partial charge in [-0.25, -0.2) is 4.79 Å². The molecule has 3 N–H and O–H groups in total. The molecule has 6 nitrogen and oxygen atoms in total. The van der Waals surface area contributed by atoms with Crippen molar-refractivity contribution in [3.8, 4) is 5.75 Å². The zero-order valence-corrected chi connectivity index (χ0v) is 12.1. The standard InChI is InChI=1S/C15H13ClN2O4/c16-10-5-7-11(8-6-10)18-15(21)22-13-4-2-1-3-12(13)14(20)17-9-19/h1-8,19H,9H2,(H,17,20)(H,18,21). The van der Waals surface area contributed by atoms with Crippen LogP contribution in [0.1, 0.15) is 10.4 Å². The number of halogens is 1. The van der Waals surface area contributed by atoms with E-state index in [-0.39, 0.29) is 11.3 Å². The van der Waals surface area contributed by atoms with Crippen LogP contribution in [0.15, 0.2) is 48.5 Å². The molecule has 0 spiro atoms. The molecule has 0 fully saturated rings. The van der Waals surface area contributed by atoms with Crippen molar-refractivity contribution < 1.29 is 19.4 Å². The first-order valence-corrected chi connectivity index (χ1v) is 6.70. The molecule has 114 valence electrons. The first-order valence-electron chi connectivity index (χ1n) is 6.32. The largest absolute Gasteiger partial charge is 0.417 e. The van der Waals surface area contributed by atoms with Gasteiger partial charge in [0.15, 0.2) is 0 Å². The minimum Gasteiger partial charge on any atom is -0.409 e. The van der Waals surface area contributed by atoms with E-state index < -0.39 is 18.7 Å². The van der Waals surface area contributed by atoms with Crippen LogP contribution in [0.2, 0.25) is 5.02 Å². The van der Waals surface area contributed by atoms with Gasteiger partial charge in [0.1, 0.15) is 12.5 Å². The Kier molecular flexibility index (Phi) is 5.35. The number of benzene rings is 2. The summed E-state index contributed by atoms with van der Waals surface area (Å²) in [5, 5.41) is 14.0. The molecule has 0 aliphatic rings. The average molecular weight is 321 g/mol. The lowest BCUT2D eigenvalue weighted by Gasteiger charge is -2.10. The molecule has 0 unspecified atom stereocenters. The Bertz CT molecular complexity index is 673. The summed E-state index contributed by atoms with van der Waals surface area (Å²) in [6, 6.07) is 12.7. The number of aliphatic hydroxyl groups is 1. The van der Waals surface area contributed by atoms with Gasteiger partial charge in [0.25, 0.3) is 5.91 Å². The second-order valence-electron chi connectivity index (χ2n) is 4.18. The Balaban J connectivity index is 2.08. The fourth-order valence-electron chi connectivity index (χ4n) is 1.69. The molecule has 0 heterocycles. The Morgan fingerprint density at radius 1 is 1.09 bits per heavy atom. The number of amides is 2. The normalized spacial score (nSPS) is 9.91. The van der Waals surface area contributed by atoms with Crippen molar-refractivity contribution in [1.82, 2.24) is 5.32 Å². The molecule has 0 aliphatic carbocycles. The van der Waals surface area contributed by atoms with E-state index in [1.165, 1.54) is 12.1 Å². The number of ether oxygens (including phenoxy) is 1. The Morgan fingerprint density at radius 3 is 2.45 bits per heavy atom. The fraction of sp³-hybridized carbons (Fsp3) is 0.0667. The lowest BCUT2D eigenvalue weighted by atomic mass is 10.2. The number of anilines is 1. The third-order valence-electron chi connectivity index (χ3n) is 2.66. The van der Waals surface area contributed by atoms with E-state index in [2.05, 4.69) is 10.6 Å². The molecule has 0 atom stereocenters. The highest BCUT2D eigenvalue weighted by atomic mass is 35.5. The van der Waals surface area contributed by atoms with Crippen molar-refractivity contribution in [3.63, 3.8) is 0 Å². The molecule has 2 aromatic carbocycles. The monoisotopic (exact) mass is 320 g/mol. The predicted octanol–water partition coefficient (Wildman–Crippen LogP) is 2.63. The number of nitrogens with one attached hydrogen (secondary N) is 2. The lowest BCUT2D eigenvalue weighted by Crippen LogP contribution is -2.25. The van der Waals surface area contributed by atoms with Crippen LogP contribution in [-0.4, -0.2) is 23.8 Å². The summed E-state index contributed by atoms with van der Waals surface area (Å²) in [4.78, 5) is 23.6. The molecule has 2 aromatic rings. The Hall–Kier alpha value is -2.57. The zero-order valence-electron chi connectivity index (χ0n) is 11.4.